The van der Waals surface area contributed by atoms with E-state index in [0.29, 0.717) is 11.6 Å². The van der Waals surface area contributed by atoms with Gasteiger partial charge in [-0.05, 0) is 17.7 Å². The van der Waals surface area contributed by atoms with E-state index in [-0.39, 0.29) is 10.6 Å². The molecule has 0 atom stereocenters. The number of nitrogens with zero attached hydrogens (tertiary/aromatic N) is 1. The molecule has 1 aromatic carbocycles. The zero-order valence-corrected chi connectivity index (χ0v) is 14.8. The van der Waals surface area contributed by atoms with Crippen LogP contribution in [0.5, 0.6) is 0 Å². The van der Waals surface area contributed by atoms with E-state index in [2.05, 4.69) is 5.10 Å². The molecule has 17 heteroatoms. The number of amides is 1. The van der Waals surface area contributed by atoms with Crippen molar-refractivity contribution in [2.24, 2.45) is 5.10 Å². The van der Waals surface area contributed by atoms with E-state index in [0.717, 1.165) is 12.1 Å². The number of carbonyl (C=O) groups is 1. The normalized spacial score (nSPS) is 14.8. The second-order valence-electron chi connectivity index (χ2n) is 5.62. The fourth-order valence-electron chi connectivity index (χ4n) is 1.70. The van der Waals surface area contributed by atoms with Gasteiger partial charge in [-0.25, -0.2) is 5.43 Å². The molecule has 0 aliphatic carbocycles. The Morgan fingerprint density at radius 1 is 0.742 bits per heavy atom. The number of hydrogen-bond donors (Lipinski definition) is 1. The number of hydrazone groups is 1. The second-order valence-corrected chi connectivity index (χ2v) is 6.06. The minimum Gasteiger partial charge on any atom is -0.266 e. The Morgan fingerprint density at radius 2 is 1.16 bits per heavy atom. The van der Waals surface area contributed by atoms with Crippen LogP contribution in [-0.4, -0.2) is 47.9 Å². The topological polar surface area (TPSA) is 41.5 Å². The molecule has 0 saturated carbocycles. The maximum absolute atomic E-state index is 13.5. The highest BCUT2D eigenvalue weighted by atomic mass is 35.5. The van der Waals surface area contributed by atoms with Crippen LogP contribution in [0, 0.1) is 0 Å². The molecule has 0 saturated heterocycles. The number of rotatable bonds is 7. The van der Waals surface area contributed by atoms with Crippen LogP contribution < -0.4 is 5.43 Å². The highest BCUT2D eigenvalue weighted by molar-refractivity contribution is 6.30. The molecular weight excluding hydrogens is 495 g/mol. The molecule has 1 amide bonds. The summed E-state index contributed by atoms with van der Waals surface area (Å²) >= 11 is 5.49. The van der Waals surface area contributed by atoms with Crippen molar-refractivity contribution in [1.82, 2.24) is 5.43 Å². The lowest BCUT2D eigenvalue weighted by Crippen LogP contribution is -2.71. The molecule has 0 aromatic heterocycles. The van der Waals surface area contributed by atoms with E-state index in [1.165, 1.54) is 12.1 Å². The van der Waals surface area contributed by atoms with E-state index in [1.807, 2.05) is 0 Å². The van der Waals surface area contributed by atoms with Gasteiger partial charge in [-0.15, -0.1) is 0 Å². The van der Waals surface area contributed by atoms with Gasteiger partial charge in [0.05, 0.1) is 6.21 Å². The van der Waals surface area contributed by atoms with E-state index in [9.17, 15) is 61.9 Å². The van der Waals surface area contributed by atoms with Gasteiger partial charge in [0.25, 0.3) is 0 Å². The fourth-order valence-corrected chi connectivity index (χ4v) is 1.82. The predicted molar refractivity (Wildman–Crippen MR) is 78.0 cm³/mol. The molecule has 0 unspecified atom stereocenters. The average molecular weight is 501 g/mol. The first kappa shape index (κ1) is 26.8. The average Bonchev–Trinajstić information content (AvgIpc) is 2.61. The maximum atomic E-state index is 13.5. The molecule has 0 heterocycles. The van der Waals surface area contributed by atoms with Gasteiger partial charge in [-0.2, -0.15) is 62.2 Å². The summed E-state index contributed by atoms with van der Waals surface area (Å²) in [7, 11) is 0. The van der Waals surface area contributed by atoms with Crippen molar-refractivity contribution >= 4 is 23.7 Å². The first-order chi connectivity index (χ1) is 13.6. The number of halogens is 14. The van der Waals surface area contributed by atoms with E-state index in [4.69, 9.17) is 11.6 Å². The van der Waals surface area contributed by atoms with Crippen molar-refractivity contribution in [2.75, 3.05) is 0 Å². The molecule has 31 heavy (non-hydrogen) atoms. The molecule has 0 radical (unpaired) electrons. The minimum absolute atomic E-state index is 0.0403. The summed E-state index contributed by atoms with van der Waals surface area (Å²) in [5.41, 5.74) is 0.524. The Morgan fingerprint density at radius 3 is 1.58 bits per heavy atom. The van der Waals surface area contributed by atoms with Crippen LogP contribution in [0.15, 0.2) is 29.4 Å². The lowest BCUT2D eigenvalue weighted by molar-refractivity contribution is -0.436. The number of nitrogens with one attached hydrogen (secondary N) is 1. The fraction of sp³-hybridized carbons (Fsp3) is 0.429. The second kappa shape index (κ2) is 8.02. The predicted octanol–water partition coefficient (Wildman–Crippen LogP) is 5.53. The van der Waals surface area contributed by atoms with Gasteiger partial charge in [0.1, 0.15) is 0 Å². The van der Waals surface area contributed by atoms with Gasteiger partial charge >= 0.3 is 41.7 Å². The van der Waals surface area contributed by atoms with Crippen molar-refractivity contribution in [3.8, 4) is 0 Å². The third-order valence-electron chi connectivity index (χ3n) is 3.47. The van der Waals surface area contributed by atoms with Crippen LogP contribution in [0.2, 0.25) is 5.02 Å². The van der Waals surface area contributed by atoms with Crippen LogP contribution in [-0.2, 0) is 4.79 Å². The Bertz CT molecular complexity index is 834. The van der Waals surface area contributed by atoms with Crippen molar-refractivity contribution in [3.05, 3.63) is 34.9 Å². The minimum atomic E-state index is -8.09. The van der Waals surface area contributed by atoms with Crippen LogP contribution in [0.4, 0.5) is 57.1 Å². The summed E-state index contributed by atoms with van der Waals surface area (Å²) in [6.07, 6.45) is -7.07. The standard InChI is InChI=1S/C14H6ClF13N2O/c15-7-3-1-6(2-4-7)5-29-30-8(31)9(16,17)10(18,19)11(20,21)12(22,23)13(24,25)14(26,27)28/h1-5H,(H,30,31)/b29-5-. The molecule has 0 aliphatic heterocycles. The summed E-state index contributed by atoms with van der Waals surface area (Å²) in [5, 5.41) is 2.80. The van der Waals surface area contributed by atoms with Crippen LogP contribution in [0.1, 0.15) is 5.56 Å². The van der Waals surface area contributed by atoms with Gasteiger partial charge in [0, 0.05) is 5.02 Å². The quantitative estimate of drug-likeness (QED) is 0.299. The molecule has 0 aliphatic rings. The summed E-state index contributed by atoms with van der Waals surface area (Å²) in [6, 6.07) is 4.63. The molecule has 0 fully saturated rings. The van der Waals surface area contributed by atoms with Crippen LogP contribution in [0.25, 0.3) is 0 Å². The highest BCUT2D eigenvalue weighted by Gasteiger charge is 2.91. The Labute approximate surface area is 167 Å². The largest absolute Gasteiger partial charge is 0.460 e. The molecule has 0 spiro atoms. The third-order valence-corrected chi connectivity index (χ3v) is 3.72. The van der Waals surface area contributed by atoms with E-state index in [1.54, 1.807) is 0 Å². The van der Waals surface area contributed by atoms with Gasteiger partial charge in [-0.1, -0.05) is 23.7 Å². The molecule has 1 N–H and O–H groups in total. The van der Waals surface area contributed by atoms with E-state index >= 15 is 0 Å². The number of alkyl halides is 13. The van der Waals surface area contributed by atoms with Gasteiger partial charge < -0.3 is 0 Å². The molecule has 3 nitrogen and oxygen atoms in total. The molecule has 1 aromatic rings. The lowest BCUT2D eigenvalue weighted by atomic mass is 9.93. The van der Waals surface area contributed by atoms with E-state index < -0.39 is 41.7 Å². The van der Waals surface area contributed by atoms with Crippen LogP contribution in [0.3, 0.4) is 0 Å². The zero-order valence-electron chi connectivity index (χ0n) is 14.0. The first-order valence-corrected chi connectivity index (χ1v) is 7.57. The zero-order chi connectivity index (χ0) is 24.7. The number of hydrogen-bond acceptors (Lipinski definition) is 2. The SMILES string of the molecule is O=C(N/N=C\c1ccc(Cl)cc1)C(F)(F)C(F)(F)C(F)(F)C(F)(F)C(F)(F)C(F)(F)F. The smallest absolute Gasteiger partial charge is 0.266 e. The molecular formula is C14H6ClF13N2O. The summed E-state index contributed by atoms with van der Waals surface area (Å²) in [6.45, 7) is 0. The van der Waals surface area contributed by atoms with Gasteiger partial charge in [-0.3, -0.25) is 4.79 Å². The van der Waals surface area contributed by atoms with Crippen molar-refractivity contribution < 1.29 is 61.9 Å². The third kappa shape index (κ3) is 4.39. The summed E-state index contributed by atoms with van der Waals surface area (Å²) in [5.74, 6) is -42.2. The Kier molecular flexibility index (Phi) is 6.92. The highest BCUT2D eigenvalue weighted by Crippen LogP contribution is 2.60. The van der Waals surface area contributed by atoms with Crippen molar-refractivity contribution in [1.29, 1.82) is 0 Å². The molecule has 0 bridgehead atoms. The summed E-state index contributed by atoms with van der Waals surface area (Å²) in [4.78, 5) is 11.1. The Hall–Kier alpha value is -2.26. The Balaban J connectivity index is 3.23. The monoisotopic (exact) mass is 500 g/mol. The maximum Gasteiger partial charge on any atom is 0.460 e. The number of benzene rings is 1. The molecule has 176 valence electrons. The lowest BCUT2D eigenvalue weighted by Gasteiger charge is -2.38. The first-order valence-electron chi connectivity index (χ1n) is 7.19. The molecule has 1 rings (SSSR count). The van der Waals surface area contributed by atoms with Crippen molar-refractivity contribution in [3.63, 3.8) is 0 Å². The van der Waals surface area contributed by atoms with Crippen LogP contribution >= 0.6 is 11.6 Å². The number of carbonyl (C=O) groups excluding carboxylic acids is 1. The summed E-state index contributed by atoms with van der Waals surface area (Å²) < 4.78 is 168. The van der Waals surface area contributed by atoms with Gasteiger partial charge in [0.15, 0.2) is 0 Å². The van der Waals surface area contributed by atoms with Gasteiger partial charge in [0.2, 0.25) is 0 Å². The van der Waals surface area contributed by atoms with Crippen molar-refractivity contribution in [2.45, 2.75) is 35.8 Å².